The molecule has 1 heterocycles. The van der Waals surface area contributed by atoms with E-state index < -0.39 is 0 Å². The van der Waals surface area contributed by atoms with Crippen molar-refractivity contribution in [3.8, 4) is 11.5 Å². The molecule has 0 spiro atoms. The van der Waals surface area contributed by atoms with E-state index >= 15 is 0 Å². The van der Waals surface area contributed by atoms with Gasteiger partial charge in [0.1, 0.15) is 11.5 Å². The molecule has 0 saturated carbocycles. The number of benzene rings is 2. The molecular formula is C25H30NO2. The van der Waals surface area contributed by atoms with Gasteiger partial charge in [-0.1, -0.05) is 32.9 Å². The lowest BCUT2D eigenvalue weighted by molar-refractivity contribution is 0.414. The third-order valence-electron chi connectivity index (χ3n) is 5.44. The zero-order valence-electron chi connectivity index (χ0n) is 17.6. The molecule has 147 valence electrons. The van der Waals surface area contributed by atoms with Gasteiger partial charge in [0.2, 0.25) is 0 Å². The summed E-state index contributed by atoms with van der Waals surface area (Å²) in [5, 5.41) is 0. The number of nitrogens with zero attached hydrogens (tertiary/aromatic N) is 1. The van der Waals surface area contributed by atoms with E-state index in [9.17, 15) is 0 Å². The van der Waals surface area contributed by atoms with E-state index in [1.807, 2.05) is 24.3 Å². The molecule has 28 heavy (non-hydrogen) atoms. The Morgan fingerprint density at radius 3 is 1.86 bits per heavy atom. The fraction of sp³-hybridized carbons (Fsp3) is 0.360. The molecule has 0 bridgehead atoms. The summed E-state index contributed by atoms with van der Waals surface area (Å²) in [6, 6.07) is 17.0. The van der Waals surface area contributed by atoms with Crippen LogP contribution in [0.3, 0.4) is 0 Å². The molecule has 1 aliphatic rings. The SMILES string of the molecule is CCC1=[C]N(c2ccc(OC)cc2)C(CC)C(c2ccc(OC)cc2)=C1CC. The lowest BCUT2D eigenvalue weighted by Gasteiger charge is -2.38. The Labute approximate surface area is 169 Å². The largest absolute Gasteiger partial charge is 0.497 e. The second-order valence-corrected chi connectivity index (χ2v) is 6.91. The van der Waals surface area contributed by atoms with Crippen molar-refractivity contribution in [2.75, 3.05) is 19.1 Å². The highest BCUT2D eigenvalue weighted by Crippen LogP contribution is 2.40. The number of rotatable bonds is 7. The molecule has 2 aromatic rings. The van der Waals surface area contributed by atoms with Crippen LogP contribution in [0.5, 0.6) is 11.5 Å². The molecule has 0 amide bonds. The minimum Gasteiger partial charge on any atom is -0.497 e. The van der Waals surface area contributed by atoms with Crippen molar-refractivity contribution in [2.24, 2.45) is 0 Å². The second-order valence-electron chi connectivity index (χ2n) is 6.91. The molecule has 1 unspecified atom stereocenters. The first-order valence-corrected chi connectivity index (χ1v) is 10.1. The number of ether oxygens (including phenoxy) is 2. The van der Waals surface area contributed by atoms with E-state index in [1.54, 1.807) is 14.2 Å². The minimum absolute atomic E-state index is 0.243. The second kappa shape index (κ2) is 9.01. The van der Waals surface area contributed by atoms with Gasteiger partial charge in [0.05, 0.1) is 26.5 Å². The fourth-order valence-corrected chi connectivity index (χ4v) is 3.99. The first-order chi connectivity index (χ1) is 13.7. The number of anilines is 1. The summed E-state index contributed by atoms with van der Waals surface area (Å²) < 4.78 is 10.7. The lowest BCUT2D eigenvalue weighted by Crippen LogP contribution is -2.36. The summed E-state index contributed by atoms with van der Waals surface area (Å²) in [4.78, 5) is 2.30. The van der Waals surface area contributed by atoms with Gasteiger partial charge in [0.25, 0.3) is 0 Å². The molecule has 0 N–H and O–H groups in total. The van der Waals surface area contributed by atoms with Crippen LogP contribution in [0.15, 0.2) is 59.7 Å². The van der Waals surface area contributed by atoms with E-state index in [-0.39, 0.29) is 6.04 Å². The van der Waals surface area contributed by atoms with Crippen LogP contribution in [0.2, 0.25) is 0 Å². The lowest BCUT2D eigenvalue weighted by atomic mass is 9.83. The average Bonchev–Trinajstić information content (AvgIpc) is 2.77. The summed E-state index contributed by atoms with van der Waals surface area (Å²) in [6.45, 7) is 6.70. The zero-order chi connectivity index (χ0) is 20.1. The third kappa shape index (κ3) is 3.80. The van der Waals surface area contributed by atoms with Crippen molar-refractivity contribution in [1.82, 2.24) is 0 Å². The molecule has 0 aromatic heterocycles. The van der Waals surface area contributed by atoms with Gasteiger partial charge < -0.3 is 14.4 Å². The normalized spacial score (nSPS) is 16.8. The first-order valence-electron chi connectivity index (χ1n) is 10.1. The number of allylic oxidation sites excluding steroid dienone is 2. The van der Waals surface area contributed by atoms with Crippen LogP contribution in [0, 0.1) is 6.20 Å². The predicted octanol–water partition coefficient (Wildman–Crippen LogP) is 6.26. The Hall–Kier alpha value is -2.68. The fourth-order valence-electron chi connectivity index (χ4n) is 3.99. The maximum absolute atomic E-state index is 5.36. The van der Waals surface area contributed by atoms with Gasteiger partial charge in [-0.15, -0.1) is 0 Å². The Morgan fingerprint density at radius 1 is 0.821 bits per heavy atom. The highest BCUT2D eigenvalue weighted by atomic mass is 16.5. The predicted molar refractivity (Wildman–Crippen MR) is 117 cm³/mol. The Balaban J connectivity index is 2.11. The van der Waals surface area contributed by atoms with Crippen molar-refractivity contribution < 1.29 is 9.47 Å². The molecular weight excluding hydrogens is 346 g/mol. The smallest absolute Gasteiger partial charge is 0.119 e. The Kier molecular flexibility index (Phi) is 6.45. The molecule has 0 fully saturated rings. The standard InChI is InChI=1S/C25H30NO2/c1-6-18-17-26(20-11-15-22(28-5)16-12-20)24(8-3)25(23(18)7-2)19-9-13-21(27-4)14-10-19/h9-16,24H,6-8H2,1-5H3. The molecule has 3 nitrogen and oxygen atoms in total. The van der Waals surface area contributed by atoms with Gasteiger partial charge in [-0.2, -0.15) is 0 Å². The zero-order valence-corrected chi connectivity index (χ0v) is 17.6. The van der Waals surface area contributed by atoms with Crippen LogP contribution < -0.4 is 14.4 Å². The van der Waals surface area contributed by atoms with Gasteiger partial charge in [0.15, 0.2) is 0 Å². The van der Waals surface area contributed by atoms with Crippen LogP contribution in [0.1, 0.15) is 45.6 Å². The Bertz CT molecular complexity index is 847. The molecule has 1 atom stereocenters. The maximum atomic E-state index is 5.36. The van der Waals surface area contributed by atoms with Crippen LogP contribution in [0.25, 0.3) is 5.57 Å². The molecule has 1 radical (unpaired) electrons. The highest BCUT2D eigenvalue weighted by molar-refractivity contribution is 5.81. The number of hydrogen-bond acceptors (Lipinski definition) is 3. The molecule has 3 heteroatoms. The molecule has 2 aromatic carbocycles. The molecule has 0 aliphatic carbocycles. The van der Waals surface area contributed by atoms with Crippen LogP contribution in [-0.2, 0) is 0 Å². The average molecular weight is 377 g/mol. The number of methoxy groups -OCH3 is 2. The van der Waals surface area contributed by atoms with Gasteiger partial charge in [0, 0.05) is 5.69 Å². The van der Waals surface area contributed by atoms with Crippen LogP contribution >= 0.6 is 0 Å². The minimum atomic E-state index is 0.243. The van der Waals surface area contributed by atoms with Gasteiger partial charge in [-0.05, 0) is 77.9 Å². The monoisotopic (exact) mass is 376 g/mol. The highest BCUT2D eigenvalue weighted by Gasteiger charge is 2.29. The van der Waals surface area contributed by atoms with E-state index in [0.717, 1.165) is 36.4 Å². The van der Waals surface area contributed by atoms with Gasteiger partial charge in [-0.3, -0.25) is 0 Å². The summed E-state index contributed by atoms with van der Waals surface area (Å²) in [7, 11) is 3.41. The van der Waals surface area contributed by atoms with Gasteiger partial charge >= 0.3 is 0 Å². The van der Waals surface area contributed by atoms with Crippen molar-refractivity contribution in [1.29, 1.82) is 0 Å². The molecule has 3 rings (SSSR count). The first kappa shape index (κ1) is 20.1. The Morgan fingerprint density at radius 2 is 1.39 bits per heavy atom. The summed E-state index contributed by atoms with van der Waals surface area (Å²) >= 11 is 0. The van der Waals surface area contributed by atoms with Crippen molar-refractivity contribution >= 4 is 11.3 Å². The van der Waals surface area contributed by atoms with Gasteiger partial charge in [-0.25, -0.2) is 0 Å². The summed E-state index contributed by atoms with van der Waals surface area (Å²) in [6.07, 6.45) is 6.68. The summed E-state index contributed by atoms with van der Waals surface area (Å²) in [5.41, 5.74) is 6.51. The van der Waals surface area contributed by atoms with Crippen molar-refractivity contribution in [3.63, 3.8) is 0 Å². The van der Waals surface area contributed by atoms with Crippen LogP contribution in [-0.4, -0.2) is 20.3 Å². The van der Waals surface area contributed by atoms with E-state index in [1.165, 1.54) is 22.3 Å². The topological polar surface area (TPSA) is 21.7 Å². The third-order valence-corrected chi connectivity index (χ3v) is 5.44. The molecule has 1 aliphatic heterocycles. The molecule has 0 saturated heterocycles. The van der Waals surface area contributed by atoms with E-state index in [4.69, 9.17) is 9.47 Å². The quantitative estimate of drug-likeness (QED) is 0.569. The van der Waals surface area contributed by atoms with E-state index in [0.29, 0.717) is 0 Å². The van der Waals surface area contributed by atoms with Crippen LogP contribution in [0.4, 0.5) is 5.69 Å². The van der Waals surface area contributed by atoms with E-state index in [2.05, 4.69) is 56.1 Å². The summed E-state index contributed by atoms with van der Waals surface area (Å²) in [5.74, 6) is 1.75. The van der Waals surface area contributed by atoms with Crippen molar-refractivity contribution in [2.45, 2.75) is 46.1 Å². The number of hydrogen-bond donors (Lipinski definition) is 0. The maximum Gasteiger partial charge on any atom is 0.119 e. The van der Waals surface area contributed by atoms with Crippen molar-refractivity contribution in [3.05, 3.63) is 71.4 Å².